The first-order chi connectivity index (χ1) is 17.4. The van der Waals surface area contributed by atoms with E-state index >= 15 is 0 Å². The number of carbonyl (C=O) groups excluding carboxylic acids is 1. The molecule has 1 fully saturated rings. The molecule has 0 spiro atoms. The Morgan fingerprint density at radius 3 is 2.94 bits per heavy atom. The molecule has 2 aliphatic heterocycles. The summed E-state index contributed by atoms with van der Waals surface area (Å²) in [6, 6.07) is 3.15. The molecule has 0 unspecified atom stereocenters. The summed E-state index contributed by atoms with van der Waals surface area (Å²) in [5, 5.41) is 14.9. The van der Waals surface area contributed by atoms with Crippen LogP contribution in [0, 0.1) is 5.82 Å². The summed E-state index contributed by atoms with van der Waals surface area (Å²) < 4.78 is 24.9. The smallest absolute Gasteiger partial charge is 0.338 e. The molecule has 1 saturated heterocycles. The molecule has 0 aliphatic carbocycles. The lowest BCUT2D eigenvalue weighted by Gasteiger charge is -2.35. The molecule has 0 amide bonds. The van der Waals surface area contributed by atoms with Gasteiger partial charge in [0.05, 0.1) is 24.9 Å². The van der Waals surface area contributed by atoms with E-state index < -0.39 is 23.8 Å². The van der Waals surface area contributed by atoms with Crippen LogP contribution in [0.5, 0.6) is 0 Å². The van der Waals surface area contributed by atoms with Crippen molar-refractivity contribution in [2.24, 2.45) is 4.99 Å². The van der Waals surface area contributed by atoms with Gasteiger partial charge in [0.15, 0.2) is 10.8 Å². The maximum absolute atomic E-state index is 13.8. The largest absolute Gasteiger partial charge is 0.481 e. The monoisotopic (exact) mass is 536 g/mol. The molecule has 192 valence electrons. The Balaban J connectivity index is 1.71. The van der Waals surface area contributed by atoms with Gasteiger partial charge in [0, 0.05) is 53.9 Å². The molecule has 36 heavy (non-hydrogen) atoms. The minimum absolute atomic E-state index is 0.0134. The number of aliphatic carboxylic acids is 1. The average Bonchev–Trinajstić information content (AvgIpc) is 3.38. The number of nitrogens with zero attached hydrogens (tertiary/aromatic N) is 3. The van der Waals surface area contributed by atoms with Crippen LogP contribution in [-0.2, 0) is 19.1 Å². The maximum Gasteiger partial charge on any atom is 0.338 e. The van der Waals surface area contributed by atoms with E-state index in [0.717, 1.165) is 0 Å². The normalized spacial score (nSPS) is 20.6. The van der Waals surface area contributed by atoms with Gasteiger partial charge < -0.3 is 19.9 Å². The molecule has 2 N–H and O–H groups in total. The number of nitrogens with one attached hydrogen (secondary N) is 1. The van der Waals surface area contributed by atoms with Gasteiger partial charge in [-0.05, 0) is 25.5 Å². The van der Waals surface area contributed by atoms with Crippen LogP contribution >= 0.6 is 22.9 Å². The van der Waals surface area contributed by atoms with Gasteiger partial charge in [-0.2, -0.15) is 0 Å². The van der Waals surface area contributed by atoms with Crippen molar-refractivity contribution in [3.8, 4) is 0 Å². The lowest BCUT2D eigenvalue weighted by atomic mass is 9.95. The van der Waals surface area contributed by atoms with E-state index in [9.17, 15) is 14.0 Å². The highest BCUT2D eigenvalue weighted by Gasteiger charge is 2.35. The van der Waals surface area contributed by atoms with Crippen molar-refractivity contribution in [2.45, 2.75) is 31.9 Å². The number of hydrogen-bond donors (Lipinski definition) is 2. The third-order valence-corrected chi connectivity index (χ3v) is 6.91. The van der Waals surface area contributed by atoms with Gasteiger partial charge in [-0.15, -0.1) is 11.3 Å². The molecule has 0 bridgehead atoms. The van der Waals surface area contributed by atoms with E-state index in [0.29, 0.717) is 54.8 Å². The quantitative estimate of drug-likeness (QED) is 0.469. The van der Waals surface area contributed by atoms with Crippen LogP contribution < -0.4 is 5.32 Å². The number of hydrogen-bond acceptors (Lipinski definition) is 9. The first-order valence-corrected chi connectivity index (χ1v) is 12.8. The highest BCUT2D eigenvalue weighted by Crippen LogP contribution is 2.37. The summed E-state index contributed by atoms with van der Waals surface area (Å²) in [6.07, 6.45) is 1.82. The third kappa shape index (κ3) is 6.28. The first kappa shape index (κ1) is 26.2. The van der Waals surface area contributed by atoms with Crippen molar-refractivity contribution >= 4 is 40.7 Å². The van der Waals surface area contributed by atoms with Gasteiger partial charge in [0.25, 0.3) is 0 Å². The SMILES string of the molecule is CCOC(=O)C1=C(CN2CCO[C@@H](CCC(=O)O)C2)NC(c2nccs2)=N[C@@H]1c1ccc(F)cc1Cl. The third-order valence-electron chi connectivity index (χ3n) is 5.80. The molecule has 2 aliphatic rings. The number of carbonyl (C=O) groups is 2. The predicted molar refractivity (Wildman–Crippen MR) is 133 cm³/mol. The number of amidine groups is 1. The molecule has 1 aromatic carbocycles. The van der Waals surface area contributed by atoms with Gasteiger partial charge in [-0.25, -0.2) is 14.2 Å². The molecule has 4 rings (SSSR count). The molecule has 2 atom stereocenters. The van der Waals surface area contributed by atoms with Crippen LogP contribution in [0.15, 0.2) is 46.0 Å². The summed E-state index contributed by atoms with van der Waals surface area (Å²) in [5.74, 6) is -1.46. The topological polar surface area (TPSA) is 113 Å². The molecule has 0 radical (unpaired) electrons. The molecular weight excluding hydrogens is 511 g/mol. The van der Waals surface area contributed by atoms with E-state index in [1.807, 2.05) is 5.38 Å². The lowest BCUT2D eigenvalue weighted by Crippen LogP contribution is -2.46. The number of aliphatic imine (C=N–C) groups is 1. The van der Waals surface area contributed by atoms with Gasteiger partial charge >= 0.3 is 11.9 Å². The molecule has 2 aromatic rings. The number of morpholine rings is 1. The number of carboxylic acid groups (broad SMARTS) is 1. The Morgan fingerprint density at radius 1 is 1.42 bits per heavy atom. The Labute approximate surface area is 216 Å². The van der Waals surface area contributed by atoms with Crippen LogP contribution in [-0.4, -0.2) is 71.7 Å². The van der Waals surface area contributed by atoms with Gasteiger partial charge in [-0.1, -0.05) is 17.7 Å². The fourth-order valence-electron chi connectivity index (χ4n) is 4.17. The Kier molecular flexibility index (Phi) is 8.68. The van der Waals surface area contributed by atoms with Crippen molar-refractivity contribution < 1.29 is 28.6 Å². The predicted octanol–water partition coefficient (Wildman–Crippen LogP) is 3.41. The average molecular weight is 537 g/mol. The van der Waals surface area contributed by atoms with Crippen LogP contribution in [0.2, 0.25) is 5.02 Å². The fraction of sp³-hybridized carbons (Fsp3) is 0.417. The Bertz CT molecular complexity index is 1170. The number of ether oxygens (including phenoxy) is 2. The van der Waals surface area contributed by atoms with E-state index in [2.05, 4.69) is 15.2 Å². The first-order valence-electron chi connectivity index (χ1n) is 11.5. The Morgan fingerprint density at radius 2 is 2.25 bits per heavy atom. The second kappa shape index (κ2) is 11.9. The highest BCUT2D eigenvalue weighted by atomic mass is 35.5. The second-order valence-electron chi connectivity index (χ2n) is 8.28. The van der Waals surface area contributed by atoms with Crippen molar-refractivity contribution in [3.05, 3.63) is 62.5 Å². The summed E-state index contributed by atoms with van der Waals surface area (Å²) in [4.78, 5) is 35.4. The number of esters is 1. The van der Waals surface area contributed by atoms with Crippen LogP contribution in [0.4, 0.5) is 4.39 Å². The second-order valence-corrected chi connectivity index (χ2v) is 9.58. The highest BCUT2D eigenvalue weighted by molar-refractivity contribution is 7.11. The van der Waals surface area contributed by atoms with Gasteiger partial charge in [0.2, 0.25) is 0 Å². The molecule has 1 aromatic heterocycles. The van der Waals surface area contributed by atoms with Gasteiger partial charge in [0.1, 0.15) is 11.9 Å². The number of benzene rings is 1. The number of aromatic nitrogens is 1. The zero-order chi connectivity index (χ0) is 25.7. The number of halogens is 2. The maximum atomic E-state index is 13.8. The minimum atomic E-state index is -0.875. The van der Waals surface area contributed by atoms with E-state index in [1.54, 1.807) is 13.1 Å². The number of thiazole rings is 1. The fourth-order valence-corrected chi connectivity index (χ4v) is 5.03. The summed E-state index contributed by atoms with van der Waals surface area (Å²) in [7, 11) is 0. The van der Waals surface area contributed by atoms with Crippen LogP contribution in [0.1, 0.15) is 36.4 Å². The van der Waals surface area contributed by atoms with Gasteiger partial charge in [-0.3, -0.25) is 14.7 Å². The zero-order valence-corrected chi connectivity index (χ0v) is 21.1. The van der Waals surface area contributed by atoms with E-state index in [-0.39, 0.29) is 29.7 Å². The number of carboxylic acids is 1. The zero-order valence-electron chi connectivity index (χ0n) is 19.6. The molecule has 0 saturated carbocycles. The number of rotatable bonds is 9. The summed E-state index contributed by atoms with van der Waals surface area (Å²) in [6.45, 7) is 3.75. The molecule has 3 heterocycles. The van der Waals surface area contributed by atoms with Crippen molar-refractivity contribution in [3.63, 3.8) is 0 Å². The molecular formula is C24H26ClFN4O5S. The van der Waals surface area contributed by atoms with Crippen molar-refractivity contribution in [1.82, 2.24) is 15.2 Å². The lowest BCUT2D eigenvalue weighted by molar-refractivity contribution is -0.139. The van der Waals surface area contributed by atoms with Crippen LogP contribution in [0.25, 0.3) is 0 Å². The van der Waals surface area contributed by atoms with Crippen LogP contribution in [0.3, 0.4) is 0 Å². The van der Waals surface area contributed by atoms with E-state index in [1.165, 1.54) is 29.5 Å². The standard InChI is InChI=1S/C24H26ClFN4O5S/c1-2-34-24(33)20-18(13-30-8-9-35-15(12-30)4-6-19(31)32)28-22(23-27-7-10-36-23)29-21(20)16-5-3-14(26)11-17(16)25/h3,5,7,10-11,15,21H,2,4,6,8-9,12-13H2,1H3,(H,28,29)(H,31,32)/t15-,21+/m0/s1. The summed E-state index contributed by atoms with van der Waals surface area (Å²) in [5.41, 5.74) is 1.31. The summed E-state index contributed by atoms with van der Waals surface area (Å²) >= 11 is 7.79. The van der Waals surface area contributed by atoms with E-state index in [4.69, 9.17) is 31.2 Å². The molecule has 12 heteroatoms. The minimum Gasteiger partial charge on any atom is -0.481 e. The van der Waals surface area contributed by atoms with Crippen molar-refractivity contribution in [2.75, 3.05) is 32.8 Å². The van der Waals surface area contributed by atoms with Crippen molar-refractivity contribution in [1.29, 1.82) is 0 Å². The Hall–Kier alpha value is -2.86. The molecule has 9 nitrogen and oxygen atoms in total.